The molecule has 0 aliphatic rings. The fraction of sp³-hybridized carbons (Fsp3) is 0.208. The minimum atomic E-state index is -0.360. The summed E-state index contributed by atoms with van der Waals surface area (Å²) in [6, 6.07) is 11.5. The number of rotatable bonds is 10. The molecule has 1 amide bonds. The number of thiazole rings is 1. The van der Waals surface area contributed by atoms with Gasteiger partial charge in [-0.25, -0.2) is 14.4 Å². The van der Waals surface area contributed by atoms with Crippen molar-refractivity contribution in [1.29, 1.82) is 0 Å². The van der Waals surface area contributed by atoms with Gasteiger partial charge in [-0.15, -0.1) is 0 Å². The van der Waals surface area contributed by atoms with Gasteiger partial charge in [-0.05, 0) is 24.1 Å². The summed E-state index contributed by atoms with van der Waals surface area (Å²) >= 11 is 1.12. The van der Waals surface area contributed by atoms with Gasteiger partial charge in [-0.3, -0.25) is 14.7 Å². The molecule has 4 rings (SSSR count). The van der Waals surface area contributed by atoms with Gasteiger partial charge in [0, 0.05) is 49.7 Å². The molecule has 0 saturated carbocycles. The Hall–Kier alpha value is -3.92. The smallest absolute Gasteiger partial charge is 0.295 e. The second kappa shape index (κ2) is 11.3. The van der Waals surface area contributed by atoms with Gasteiger partial charge in [0.1, 0.15) is 5.82 Å². The molecule has 0 N–H and O–H groups in total. The monoisotopic (exact) mass is 478 g/mol. The third kappa shape index (κ3) is 6.32. The Morgan fingerprint density at radius 3 is 2.74 bits per heavy atom. The fourth-order valence-corrected chi connectivity index (χ4v) is 4.07. The van der Waals surface area contributed by atoms with Crippen LogP contribution in [0.2, 0.25) is 0 Å². The summed E-state index contributed by atoms with van der Waals surface area (Å²) in [5.74, 6) is -0.912. The first-order valence-electron chi connectivity index (χ1n) is 10.7. The van der Waals surface area contributed by atoms with E-state index in [0.29, 0.717) is 23.0 Å². The Morgan fingerprint density at radius 1 is 1.21 bits per heavy atom. The Bertz CT molecular complexity index is 1230. The molecule has 8 nitrogen and oxygen atoms in total. The summed E-state index contributed by atoms with van der Waals surface area (Å²) in [7, 11) is 0. The maximum absolute atomic E-state index is 13.3. The van der Waals surface area contributed by atoms with Gasteiger partial charge < -0.3 is 9.67 Å². The second-order valence-electron chi connectivity index (χ2n) is 7.50. The second-order valence-corrected chi connectivity index (χ2v) is 8.51. The zero-order valence-corrected chi connectivity index (χ0v) is 19.1. The van der Waals surface area contributed by atoms with E-state index in [1.54, 1.807) is 41.6 Å². The summed E-state index contributed by atoms with van der Waals surface area (Å²) in [5.41, 5.74) is 0.750. The number of carbonyl (C=O) groups excluding carboxylic acids is 1. The van der Waals surface area contributed by atoms with Crippen molar-refractivity contribution in [3.8, 4) is 0 Å². The lowest BCUT2D eigenvalue weighted by molar-refractivity contribution is -0.684. The standard InChI is InChI=1S/C24H23FN6O2S/c25-20-7-5-19(6-8-20)16-31(22(32)17-29-11-2-1-3-12-29)24-28-15-21(34-24)23(33)27-9-4-13-30-14-10-26-18-30/h1-3,5-8,10-12,14-15,18H,4,9,13,16-17H2. The Kier molecular flexibility index (Phi) is 7.71. The van der Waals surface area contributed by atoms with E-state index in [-0.39, 0.29) is 30.7 Å². The van der Waals surface area contributed by atoms with E-state index in [1.807, 2.05) is 29.0 Å². The van der Waals surface area contributed by atoms with Crippen molar-refractivity contribution in [1.82, 2.24) is 14.5 Å². The number of aromatic nitrogens is 4. The number of pyridine rings is 1. The lowest BCUT2D eigenvalue weighted by Crippen LogP contribution is -2.44. The summed E-state index contributed by atoms with van der Waals surface area (Å²) in [6.45, 7) is 1.41. The number of hydrogen-bond donors (Lipinski definition) is 0. The van der Waals surface area contributed by atoms with E-state index in [1.165, 1.54) is 23.2 Å². The maximum Gasteiger partial charge on any atom is 0.295 e. The minimum Gasteiger partial charge on any atom is -0.858 e. The van der Waals surface area contributed by atoms with Crippen LogP contribution in [0.4, 0.5) is 9.52 Å². The van der Waals surface area contributed by atoms with Gasteiger partial charge in [0.05, 0.1) is 17.7 Å². The van der Waals surface area contributed by atoms with Gasteiger partial charge >= 0.3 is 0 Å². The average Bonchev–Trinajstić information content (AvgIpc) is 3.54. The molecule has 0 saturated heterocycles. The quantitative estimate of drug-likeness (QED) is 0.151. The molecule has 4 aromatic rings. The number of amides is 1. The highest BCUT2D eigenvalue weighted by atomic mass is 32.1. The Morgan fingerprint density at radius 2 is 2.00 bits per heavy atom. The first kappa shape index (κ1) is 23.2. The van der Waals surface area contributed by atoms with E-state index >= 15 is 0 Å². The van der Waals surface area contributed by atoms with Gasteiger partial charge in [0.15, 0.2) is 17.5 Å². The fourth-order valence-electron chi connectivity index (χ4n) is 3.24. The first-order valence-corrected chi connectivity index (χ1v) is 11.5. The third-order valence-electron chi connectivity index (χ3n) is 4.97. The van der Waals surface area contributed by atoms with Crippen molar-refractivity contribution < 1.29 is 18.9 Å². The molecule has 0 unspecified atom stereocenters. The van der Waals surface area contributed by atoms with Crippen molar-refractivity contribution in [2.24, 2.45) is 4.99 Å². The first-order chi connectivity index (χ1) is 16.6. The van der Waals surface area contributed by atoms with E-state index in [2.05, 4.69) is 15.0 Å². The van der Waals surface area contributed by atoms with E-state index in [9.17, 15) is 14.3 Å². The summed E-state index contributed by atoms with van der Waals surface area (Å²) in [6.07, 6.45) is 11.0. The number of aliphatic imine (C=N–C) groups is 1. The lowest BCUT2D eigenvalue weighted by atomic mass is 10.2. The molecular formula is C24H23FN6O2S. The minimum absolute atomic E-state index is 0.101. The van der Waals surface area contributed by atoms with Crippen LogP contribution in [0.1, 0.15) is 16.9 Å². The number of hydrogen-bond acceptors (Lipinski definition) is 6. The number of nitrogens with zero attached hydrogens (tertiary/aromatic N) is 6. The number of anilines is 1. The summed E-state index contributed by atoms with van der Waals surface area (Å²) < 4.78 is 17.0. The molecule has 1 aromatic carbocycles. The summed E-state index contributed by atoms with van der Waals surface area (Å²) in [5, 5.41) is 12.9. The zero-order valence-electron chi connectivity index (χ0n) is 18.3. The van der Waals surface area contributed by atoms with Gasteiger partial charge in [0.25, 0.3) is 5.91 Å². The highest BCUT2D eigenvalue weighted by Gasteiger charge is 2.23. The van der Waals surface area contributed by atoms with Crippen molar-refractivity contribution >= 4 is 28.3 Å². The topological polar surface area (TPSA) is 90.3 Å². The van der Waals surface area contributed by atoms with Gasteiger partial charge in [0.2, 0.25) is 6.54 Å². The normalized spacial score (nSPS) is 11.5. The summed E-state index contributed by atoms with van der Waals surface area (Å²) in [4.78, 5) is 27.5. The van der Waals surface area contributed by atoms with Crippen LogP contribution in [0, 0.1) is 5.82 Å². The van der Waals surface area contributed by atoms with Crippen LogP contribution in [0.3, 0.4) is 0 Å². The molecule has 0 radical (unpaired) electrons. The molecule has 0 atom stereocenters. The molecule has 3 aromatic heterocycles. The van der Waals surface area contributed by atoms with Crippen molar-refractivity contribution in [2.45, 2.75) is 26.1 Å². The molecule has 0 fully saturated rings. The number of benzene rings is 1. The molecule has 0 aliphatic heterocycles. The predicted molar refractivity (Wildman–Crippen MR) is 125 cm³/mol. The molecule has 174 valence electrons. The van der Waals surface area contributed by atoms with Crippen LogP contribution in [-0.4, -0.2) is 32.9 Å². The number of halogens is 1. The van der Waals surface area contributed by atoms with Crippen LogP contribution < -0.4 is 14.6 Å². The number of carbonyl (C=O) groups is 1. The largest absolute Gasteiger partial charge is 0.858 e. The van der Waals surface area contributed by atoms with Gasteiger partial charge in [-0.2, -0.15) is 4.57 Å². The molecular weight excluding hydrogens is 455 g/mol. The van der Waals surface area contributed by atoms with Crippen LogP contribution in [0.5, 0.6) is 0 Å². The van der Waals surface area contributed by atoms with Crippen LogP contribution >= 0.6 is 11.3 Å². The third-order valence-corrected chi connectivity index (χ3v) is 5.98. The van der Waals surface area contributed by atoms with E-state index < -0.39 is 0 Å². The number of imidazole rings is 1. The average molecular weight is 479 g/mol. The maximum atomic E-state index is 13.3. The van der Waals surface area contributed by atoms with Crippen LogP contribution in [0.25, 0.3) is 0 Å². The Labute approximate surface area is 200 Å². The molecule has 3 heterocycles. The van der Waals surface area contributed by atoms with E-state index in [0.717, 1.165) is 23.4 Å². The zero-order chi connectivity index (χ0) is 23.8. The van der Waals surface area contributed by atoms with Crippen molar-refractivity contribution in [3.63, 3.8) is 0 Å². The highest BCUT2D eigenvalue weighted by molar-refractivity contribution is 7.17. The molecule has 0 bridgehead atoms. The van der Waals surface area contributed by atoms with E-state index in [4.69, 9.17) is 0 Å². The molecule has 10 heteroatoms. The lowest BCUT2D eigenvalue weighted by Gasteiger charge is -2.18. The SMILES string of the molecule is O=C(C[n+]1ccccc1)N(Cc1ccc(F)cc1)c1ncc(C([O-])=NCCCn2ccnc2)s1. The van der Waals surface area contributed by atoms with Crippen molar-refractivity contribution in [2.75, 3.05) is 11.4 Å². The van der Waals surface area contributed by atoms with Crippen LogP contribution in [-0.2, 0) is 24.4 Å². The van der Waals surface area contributed by atoms with Gasteiger partial charge in [-0.1, -0.05) is 29.5 Å². The number of aryl methyl sites for hydroxylation is 1. The molecule has 0 spiro atoms. The molecule has 0 aliphatic carbocycles. The Balaban J connectivity index is 1.48. The molecule has 34 heavy (non-hydrogen) atoms. The van der Waals surface area contributed by atoms with Crippen molar-refractivity contribution in [3.05, 3.63) is 96.0 Å². The highest BCUT2D eigenvalue weighted by Crippen LogP contribution is 2.24. The predicted octanol–water partition coefficient (Wildman–Crippen LogP) is 2.20. The van der Waals surface area contributed by atoms with Crippen LogP contribution in [0.15, 0.2) is 84.8 Å².